The Morgan fingerprint density at radius 3 is 2.41 bits per heavy atom. The van der Waals surface area contributed by atoms with Crippen LogP contribution in [0.15, 0.2) is 23.1 Å². The number of benzene rings is 1. The standard InChI is InChI=1S/C15H20FNO4S/c1-12-11-13(16)3-4-14(12)22(18,19)17-7-5-15(6-8-17)20-9-2-10-21-15/h3-4,11H,2,5-10H2,1H3. The highest BCUT2D eigenvalue weighted by molar-refractivity contribution is 7.89. The van der Waals surface area contributed by atoms with Crippen molar-refractivity contribution in [3.05, 3.63) is 29.6 Å². The predicted molar refractivity (Wildman–Crippen MR) is 78.4 cm³/mol. The average molecular weight is 329 g/mol. The van der Waals surface area contributed by atoms with Crippen molar-refractivity contribution in [1.29, 1.82) is 0 Å². The second kappa shape index (κ2) is 5.88. The van der Waals surface area contributed by atoms with Crippen LogP contribution >= 0.6 is 0 Å². The van der Waals surface area contributed by atoms with Gasteiger partial charge in [-0.15, -0.1) is 0 Å². The Balaban J connectivity index is 1.77. The molecule has 2 aliphatic heterocycles. The number of halogens is 1. The zero-order valence-corrected chi connectivity index (χ0v) is 13.4. The molecule has 1 spiro atoms. The van der Waals surface area contributed by atoms with Crippen molar-refractivity contribution in [1.82, 2.24) is 4.31 Å². The van der Waals surface area contributed by atoms with Crippen molar-refractivity contribution in [3.8, 4) is 0 Å². The first-order valence-corrected chi connectivity index (χ1v) is 8.91. The summed E-state index contributed by atoms with van der Waals surface area (Å²) in [5, 5.41) is 0. The molecular formula is C15H20FNO4S. The fourth-order valence-electron chi connectivity index (χ4n) is 3.01. The molecule has 2 heterocycles. The number of ether oxygens (including phenoxy) is 2. The van der Waals surface area contributed by atoms with Gasteiger partial charge in [0.25, 0.3) is 0 Å². The van der Waals surface area contributed by atoms with Gasteiger partial charge in [0.1, 0.15) is 5.82 Å². The second-order valence-electron chi connectivity index (χ2n) is 5.78. The van der Waals surface area contributed by atoms with E-state index in [1.54, 1.807) is 6.92 Å². The SMILES string of the molecule is Cc1cc(F)ccc1S(=O)(=O)N1CCC2(CC1)OCCCO2. The fraction of sp³-hybridized carbons (Fsp3) is 0.600. The van der Waals surface area contributed by atoms with Crippen molar-refractivity contribution in [2.45, 2.75) is 36.9 Å². The van der Waals surface area contributed by atoms with Crippen LogP contribution < -0.4 is 0 Å². The van der Waals surface area contributed by atoms with Crippen LogP contribution in [-0.4, -0.2) is 44.8 Å². The minimum absolute atomic E-state index is 0.162. The number of sulfonamides is 1. The zero-order valence-electron chi connectivity index (χ0n) is 12.5. The molecular weight excluding hydrogens is 309 g/mol. The van der Waals surface area contributed by atoms with Gasteiger partial charge in [-0.1, -0.05) is 0 Å². The van der Waals surface area contributed by atoms with Gasteiger partial charge in [-0.3, -0.25) is 0 Å². The van der Waals surface area contributed by atoms with Crippen molar-refractivity contribution >= 4 is 10.0 Å². The molecule has 2 aliphatic rings. The molecule has 2 fully saturated rings. The maximum Gasteiger partial charge on any atom is 0.243 e. The number of aryl methyl sites for hydroxylation is 1. The summed E-state index contributed by atoms with van der Waals surface area (Å²) in [5.41, 5.74) is 0.422. The lowest BCUT2D eigenvalue weighted by molar-refractivity contribution is -0.280. The summed E-state index contributed by atoms with van der Waals surface area (Å²) in [6.45, 7) is 3.61. The number of hydrogen-bond donors (Lipinski definition) is 0. The van der Waals surface area contributed by atoms with Gasteiger partial charge in [-0.2, -0.15) is 4.31 Å². The number of nitrogens with zero attached hydrogens (tertiary/aromatic N) is 1. The summed E-state index contributed by atoms with van der Waals surface area (Å²) in [6, 6.07) is 3.75. The van der Waals surface area contributed by atoms with E-state index < -0.39 is 21.6 Å². The lowest BCUT2D eigenvalue weighted by atomic mass is 10.0. The van der Waals surface area contributed by atoms with E-state index in [1.807, 2.05) is 0 Å². The Labute approximate surface area is 130 Å². The molecule has 7 heteroatoms. The van der Waals surface area contributed by atoms with Gasteiger partial charge < -0.3 is 9.47 Å². The monoisotopic (exact) mass is 329 g/mol. The average Bonchev–Trinajstić information content (AvgIpc) is 2.48. The Morgan fingerprint density at radius 1 is 1.18 bits per heavy atom. The molecule has 22 heavy (non-hydrogen) atoms. The summed E-state index contributed by atoms with van der Waals surface area (Å²) in [7, 11) is -3.61. The quantitative estimate of drug-likeness (QED) is 0.833. The molecule has 1 aromatic carbocycles. The highest BCUT2D eigenvalue weighted by Crippen LogP contribution is 2.33. The molecule has 0 amide bonds. The molecule has 0 unspecified atom stereocenters. The Morgan fingerprint density at radius 2 is 1.82 bits per heavy atom. The summed E-state index contributed by atoms with van der Waals surface area (Å²) in [6.07, 6.45) is 1.91. The van der Waals surface area contributed by atoms with Crippen LogP contribution in [0.1, 0.15) is 24.8 Å². The summed E-state index contributed by atoms with van der Waals surface area (Å²) < 4.78 is 51.5. The molecule has 3 rings (SSSR count). The van der Waals surface area contributed by atoms with Crippen LogP contribution in [0.3, 0.4) is 0 Å². The third-order valence-electron chi connectivity index (χ3n) is 4.26. The molecule has 0 bridgehead atoms. The minimum atomic E-state index is -3.61. The molecule has 5 nitrogen and oxygen atoms in total. The van der Waals surface area contributed by atoms with Crippen LogP contribution in [0.2, 0.25) is 0 Å². The minimum Gasteiger partial charge on any atom is -0.350 e. The first-order valence-electron chi connectivity index (χ1n) is 7.47. The van der Waals surface area contributed by atoms with Gasteiger partial charge >= 0.3 is 0 Å². The van der Waals surface area contributed by atoms with Crippen LogP contribution in [0.5, 0.6) is 0 Å². The van der Waals surface area contributed by atoms with Gasteiger partial charge in [0.15, 0.2) is 5.79 Å². The van der Waals surface area contributed by atoms with Crippen LogP contribution in [0, 0.1) is 12.7 Å². The highest BCUT2D eigenvalue weighted by Gasteiger charge is 2.41. The topological polar surface area (TPSA) is 55.8 Å². The first-order chi connectivity index (χ1) is 10.4. The van der Waals surface area contributed by atoms with Crippen LogP contribution in [-0.2, 0) is 19.5 Å². The van der Waals surface area contributed by atoms with E-state index >= 15 is 0 Å². The van der Waals surface area contributed by atoms with Gasteiger partial charge in [0.05, 0.1) is 18.1 Å². The lowest BCUT2D eigenvalue weighted by Gasteiger charge is -2.42. The molecule has 0 radical (unpaired) electrons. The molecule has 0 aromatic heterocycles. The van der Waals surface area contributed by atoms with E-state index in [9.17, 15) is 12.8 Å². The Bertz CT molecular complexity index is 646. The van der Waals surface area contributed by atoms with Gasteiger partial charge in [0, 0.05) is 25.9 Å². The third-order valence-corrected chi connectivity index (χ3v) is 6.32. The third kappa shape index (κ3) is 2.90. The molecule has 0 aliphatic carbocycles. The summed E-state index contributed by atoms with van der Waals surface area (Å²) >= 11 is 0. The van der Waals surface area contributed by atoms with Gasteiger partial charge in [-0.05, 0) is 37.1 Å². The van der Waals surface area contributed by atoms with Crippen molar-refractivity contribution in [2.75, 3.05) is 26.3 Å². The van der Waals surface area contributed by atoms with Crippen LogP contribution in [0.25, 0.3) is 0 Å². The molecule has 1 aromatic rings. The van der Waals surface area contributed by atoms with E-state index in [4.69, 9.17) is 9.47 Å². The maximum atomic E-state index is 13.2. The number of rotatable bonds is 2. The Hall–Kier alpha value is -1.02. The van der Waals surface area contributed by atoms with E-state index in [2.05, 4.69) is 0 Å². The van der Waals surface area contributed by atoms with E-state index in [1.165, 1.54) is 22.5 Å². The van der Waals surface area contributed by atoms with E-state index in [-0.39, 0.29) is 4.90 Å². The largest absolute Gasteiger partial charge is 0.350 e. The second-order valence-corrected chi connectivity index (χ2v) is 7.68. The number of piperidine rings is 1. The molecule has 122 valence electrons. The van der Waals surface area contributed by atoms with Gasteiger partial charge in [-0.25, -0.2) is 12.8 Å². The molecule has 2 saturated heterocycles. The maximum absolute atomic E-state index is 13.2. The highest BCUT2D eigenvalue weighted by atomic mass is 32.2. The predicted octanol–water partition coefficient (Wildman–Crippen LogP) is 2.05. The van der Waals surface area contributed by atoms with Crippen molar-refractivity contribution in [2.24, 2.45) is 0 Å². The fourth-order valence-corrected chi connectivity index (χ4v) is 4.66. The van der Waals surface area contributed by atoms with E-state index in [0.717, 1.165) is 6.42 Å². The summed E-state index contributed by atoms with van der Waals surface area (Å²) in [4.78, 5) is 0.162. The zero-order chi connectivity index (χ0) is 15.8. The van der Waals surface area contributed by atoms with Crippen LogP contribution in [0.4, 0.5) is 4.39 Å². The van der Waals surface area contributed by atoms with Crippen molar-refractivity contribution in [3.63, 3.8) is 0 Å². The lowest BCUT2D eigenvalue weighted by Crippen LogP contribution is -2.51. The number of hydrogen-bond acceptors (Lipinski definition) is 4. The van der Waals surface area contributed by atoms with E-state index in [0.29, 0.717) is 44.7 Å². The normalized spacial score (nSPS) is 22.8. The molecule has 0 atom stereocenters. The van der Waals surface area contributed by atoms with Crippen molar-refractivity contribution < 1.29 is 22.3 Å². The van der Waals surface area contributed by atoms with Gasteiger partial charge in [0.2, 0.25) is 10.0 Å². The first kappa shape index (κ1) is 15.9. The molecule has 0 saturated carbocycles. The summed E-state index contributed by atoms with van der Waals surface area (Å²) in [5.74, 6) is -1.06. The molecule has 0 N–H and O–H groups in total. The smallest absolute Gasteiger partial charge is 0.243 e. The Kier molecular flexibility index (Phi) is 4.24.